The van der Waals surface area contributed by atoms with Gasteiger partial charge in [-0.3, -0.25) is 14.8 Å². The Morgan fingerprint density at radius 3 is 2.75 bits per heavy atom. The molecule has 0 aliphatic carbocycles. The molecule has 3 aromatic heterocycles. The smallest absolute Gasteiger partial charge is 0.144 e. The van der Waals surface area contributed by atoms with Crippen LogP contribution in [0.25, 0.3) is 11.2 Å². The summed E-state index contributed by atoms with van der Waals surface area (Å²) < 4.78 is 1.69. The summed E-state index contributed by atoms with van der Waals surface area (Å²) in [4.78, 5) is 8.58. The maximum Gasteiger partial charge on any atom is 0.144 e. The fourth-order valence-corrected chi connectivity index (χ4v) is 2.59. The minimum Gasteiger partial charge on any atom is -0.402 e. The number of hydrogen-bond acceptors (Lipinski definition) is 5. The lowest BCUT2D eigenvalue weighted by atomic mass is 9.98. The highest BCUT2D eigenvalue weighted by atomic mass is 15.0. The molecule has 3 aromatic rings. The van der Waals surface area contributed by atoms with Gasteiger partial charge in [0.15, 0.2) is 0 Å². The van der Waals surface area contributed by atoms with Crippen LogP contribution < -0.4 is 5.73 Å². The Balaban J connectivity index is 2.15. The lowest BCUT2D eigenvalue weighted by molar-refractivity contribution is 1.14. The van der Waals surface area contributed by atoms with Crippen molar-refractivity contribution in [3.8, 4) is 6.07 Å². The van der Waals surface area contributed by atoms with Crippen molar-refractivity contribution in [2.24, 2.45) is 5.73 Å². The predicted molar refractivity (Wildman–Crippen MR) is 92.5 cm³/mol. The van der Waals surface area contributed by atoms with Gasteiger partial charge in [0, 0.05) is 28.7 Å². The normalized spacial score (nSPS) is 11.9. The zero-order valence-corrected chi connectivity index (χ0v) is 13.4. The van der Waals surface area contributed by atoms with E-state index in [9.17, 15) is 5.26 Å². The summed E-state index contributed by atoms with van der Waals surface area (Å²) in [6, 6.07) is 11.3. The first kappa shape index (κ1) is 15.4. The number of imidazole rings is 1. The molecule has 0 fully saturated rings. The van der Waals surface area contributed by atoms with Gasteiger partial charge in [0.25, 0.3) is 0 Å². The summed E-state index contributed by atoms with van der Waals surface area (Å²) in [6.45, 7) is 3.63. The first-order valence-corrected chi connectivity index (χ1v) is 7.38. The molecule has 3 N–H and O–H groups in total. The molecule has 3 rings (SSSR count). The molecule has 0 atom stereocenters. The molecule has 0 unspecified atom stereocenters. The van der Waals surface area contributed by atoms with E-state index in [1.165, 1.54) is 6.20 Å². The van der Waals surface area contributed by atoms with Crippen LogP contribution in [0, 0.1) is 23.7 Å². The van der Waals surface area contributed by atoms with Crippen molar-refractivity contribution in [2.75, 3.05) is 0 Å². The molecule has 0 aromatic carbocycles. The number of allylic oxidation sites excluding steroid dienone is 2. The minimum atomic E-state index is 0.247. The number of hydrogen-bond donors (Lipinski definition) is 2. The quantitative estimate of drug-likeness (QED) is 0.725. The van der Waals surface area contributed by atoms with Gasteiger partial charge in [-0.2, -0.15) is 5.26 Å². The van der Waals surface area contributed by atoms with E-state index in [4.69, 9.17) is 11.1 Å². The summed E-state index contributed by atoms with van der Waals surface area (Å²) in [7, 11) is 0. The Morgan fingerprint density at radius 1 is 1.29 bits per heavy atom. The van der Waals surface area contributed by atoms with Crippen molar-refractivity contribution in [3.05, 3.63) is 71.1 Å². The van der Waals surface area contributed by atoms with Gasteiger partial charge >= 0.3 is 0 Å². The fraction of sp³-hybridized carbons (Fsp3) is 0.111. The summed E-state index contributed by atoms with van der Waals surface area (Å²) >= 11 is 0. The Labute approximate surface area is 139 Å². The molecule has 0 amide bonds. The largest absolute Gasteiger partial charge is 0.402 e. The highest BCUT2D eigenvalue weighted by molar-refractivity contribution is 6.30. The number of aryl methyl sites for hydroxylation is 1. The molecule has 6 heteroatoms. The summed E-state index contributed by atoms with van der Waals surface area (Å²) in [5.41, 5.74) is 10.6. The Hall–Kier alpha value is -3.46. The topological polar surface area (TPSA) is 104 Å². The maximum absolute atomic E-state index is 9.18. The van der Waals surface area contributed by atoms with Crippen molar-refractivity contribution in [1.29, 1.82) is 10.7 Å². The van der Waals surface area contributed by atoms with Gasteiger partial charge in [-0.25, -0.2) is 4.98 Å². The lowest BCUT2D eigenvalue weighted by Crippen LogP contribution is -2.11. The van der Waals surface area contributed by atoms with Gasteiger partial charge in [0.05, 0.1) is 17.6 Å². The molecule has 0 saturated heterocycles. The van der Waals surface area contributed by atoms with Gasteiger partial charge in [0.1, 0.15) is 17.4 Å². The second kappa shape index (κ2) is 5.97. The zero-order chi connectivity index (χ0) is 17.3. The van der Waals surface area contributed by atoms with E-state index in [0.29, 0.717) is 28.3 Å². The predicted octanol–water partition coefficient (Wildman–Crippen LogP) is 2.67. The van der Waals surface area contributed by atoms with Crippen LogP contribution in [0.4, 0.5) is 0 Å². The van der Waals surface area contributed by atoms with Gasteiger partial charge in [0.2, 0.25) is 0 Å². The molecule has 0 spiro atoms. The summed E-state index contributed by atoms with van der Waals surface area (Å²) in [5.74, 6) is 0. The molecule has 118 valence electrons. The highest BCUT2D eigenvalue weighted by Gasteiger charge is 2.15. The number of nitrogens with one attached hydrogen (secondary N) is 1. The first-order valence-electron chi connectivity index (χ1n) is 7.38. The molecular formula is C18H16N6. The van der Waals surface area contributed by atoms with E-state index >= 15 is 0 Å². The van der Waals surface area contributed by atoms with Crippen LogP contribution in [0.15, 0.2) is 48.4 Å². The van der Waals surface area contributed by atoms with E-state index in [-0.39, 0.29) is 5.71 Å². The Morgan fingerprint density at radius 2 is 2.08 bits per heavy atom. The Kier molecular flexibility index (Phi) is 3.84. The molecule has 0 bridgehead atoms. The molecule has 3 heterocycles. The van der Waals surface area contributed by atoms with Crippen molar-refractivity contribution in [1.82, 2.24) is 14.4 Å². The molecule has 6 nitrogen and oxygen atoms in total. The standard InChI is InChI=1S/C18H16N6/c1-11-4-3-5-15(23-11)18(21)17(12(2)20)13-6-7-16-22-9-14(8-19)24(16)10-13/h3-7,9-10,21H,20H2,1-2H3/b17-12-,21-18?. The number of nitriles is 1. The van der Waals surface area contributed by atoms with Crippen LogP contribution in [0.2, 0.25) is 0 Å². The van der Waals surface area contributed by atoms with Gasteiger partial charge in [-0.05, 0) is 38.1 Å². The second-order valence-electron chi connectivity index (χ2n) is 5.50. The SMILES string of the molecule is C/C(N)=C(/C(=N)c1cccc(C)n1)c1ccc2ncc(C#N)n2c1. The number of nitrogens with two attached hydrogens (primary N) is 1. The van der Waals surface area contributed by atoms with Crippen molar-refractivity contribution in [2.45, 2.75) is 13.8 Å². The molecule has 0 aliphatic heterocycles. The third kappa shape index (κ3) is 2.63. The van der Waals surface area contributed by atoms with Crippen LogP contribution in [-0.2, 0) is 0 Å². The molecule has 24 heavy (non-hydrogen) atoms. The first-order chi connectivity index (χ1) is 11.5. The maximum atomic E-state index is 9.18. The average molecular weight is 316 g/mol. The van der Waals surface area contributed by atoms with E-state index in [1.54, 1.807) is 29.7 Å². The summed E-state index contributed by atoms with van der Waals surface area (Å²) in [5, 5.41) is 17.7. The van der Waals surface area contributed by atoms with Gasteiger partial charge in [-0.15, -0.1) is 0 Å². The van der Waals surface area contributed by atoms with E-state index < -0.39 is 0 Å². The van der Waals surface area contributed by atoms with E-state index in [0.717, 1.165) is 11.3 Å². The Bertz CT molecular complexity index is 1020. The van der Waals surface area contributed by atoms with Crippen molar-refractivity contribution >= 4 is 16.9 Å². The number of rotatable bonds is 3. The fourth-order valence-electron chi connectivity index (χ4n) is 2.59. The minimum absolute atomic E-state index is 0.247. The van der Waals surface area contributed by atoms with Crippen LogP contribution in [0.5, 0.6) is 0 Å². The summed E-state index contributed by atoms with van der Waals surface area (Å²) in [6.07, 6.45) is 3.29. The molecule has 0 aliphatic rings. The molecule has 0 saturated carbocycles. The van der Waals surface area contributed by atoms with Crippen LogP contribution in [0.3, 0.4) is 0 Å². The van der Waals surface area contributed by atoms with Crippen LogP contribution in [-0.4, -0.2) is 20.1 Å². The van der Waals surface area contributed by atoms with E-state index in [2.05, 4.69) is 16.0 Å². The van der Waals surface area contributed by atoms with Crippen LogP contribution >= 0.6 is 0 Å². The monoisotopic (exact) mass is 316 g/mol. The zero-order valence-electron chi connectivity index (χ0n) is 13.4. The average Bonchev–Trinajstić information content (AvgIpc) is 2.97. The van der Waals surface area contributed by atoms with Crippen molar-refractivity contribution in [3.63, 3.8) is 0 Å². The number of pyridine rings is 2. The number of aromatic nitrogens is 3. The third-order valence-electron chi connectivity index (χ3n) is 3.70. The van der Waals surface area contributed by atoms with Gasteiger partial charge < -0.3 is 5.73 Å². The van der Waals surface area contributed by atoms with Crippen molar-refractivity contribution < 1.29 is 0 Å². The highest BCUT2D eigenvalue weighted by Crippen LogP contribution is 2.22. The number of nitrogens with zero attached hydrogens (tertiary/aromatic N) is 4. The molecule has 0 radical (unpaired) electrons. The molecular weight excluding hydrogens is 300 g/mol. The lowest BCUT2D eigenvalue weighted by Gasteiger charge is -2.12. The van der Waals surface area contributed by atoms with E-state index in [1.807, 2.05) is 25.1 Å². The second-order valence-corrected chi connectivity index (χ2v) is 5.50. The third-order valence-corrected chi connectivity index (χ3v) is 3.70. The number of fused-ring (bicyclic) bond motifs is 1. The van der Waals surface area contributed by atoms with Crippen LogP contribution in [0.1, 0.15) is 29.6 Å². The van der Waals surface area contributed by atoms with Gasteiger partial charge in [-0.1, -0.05) is 6.07 Å².